The van der Waals surface area contributed by atoms with Crippen molar-refractivity contribution >= 4 is 11.6 Å². The molecule has 5 nitrogen and oxygen atoms in total. The number of benzene rings is 3. The summed E-state index contributed by atoms with van der Waals surface area (Å²) in [6, 6.07) is 11.7. The summed E-state index contributed by atoms with van der Waals surface area (Å²) in [5, 5.41) is 0. The fourth-order valence-electron chi connectivity index (χ4n) is 5.72. The monoisotopic (exact) mass is 582 g/mol. The number of ether oxygens (including phenoxy) is 3. The molecular weight excluding hydrogens is 552 g/mol. The molecule has 1 heterocycles. The molecule has 3 aromatic rings. The van der Waals surface area contributed by atoms with E-state index < -0.39 is 46.5 Å². The second-order valence-corrected chi connectivity index (χ2v) is 10.5. The number of carbonyl (C=O) groups is 2. The Morgan fingerprint density at radius 1 is 0.976 bits per heavy atom. The standard InChI is InChI=1S/C33H30F4O5/c1-40-33-25(5-2-6-30(33)42-18-23(38)11-12-24-4-3-13-41-24)26-14-20(19-7-9-21(34)10-8-19)15-27(26)32(39)31-28(36)16-22(35)17-29(31)37/h2,5-10,15-17,20,24,26H,3-4,11-14,18H2,1H3. The highest BCUT2D eigenvalue weighted by atomic mass is 19.1. The number of carbonyl (C=O) groups excluding carboxylic acids is 2. The van der Waals surface area contributed by atoms with Crippen LogP contribution >= 0.6 is 0 Å². The summed E-state index contributed by atoms with van der Waals surface area (Å²) in [4.78, 5) is 26.2. The number of methoxy groups -OCH3 is 1. The molecule has 1 saturated heterocycles. The summed E-state index contributed by atoms with van der Waals surface area (Å²) in [5.74, 6) is -5.78. The zero-order valence-electron chi connectivity index (χ0n) is 23.0. The minimum Gasteiger partial charge on any atom is -0.493 e. The SMILES string of the molecule is COc1c(OCC(=O)CCC2CCCO2)cccc1C1CC(c2ccc(F)cc2)C=C1C(=O)c1c(F)cc(F)cc1F. The van der Waals surface area contributed by atoms with E-state index >= 15 is 0 Å². The second kappa shape index (κ2) is 12.9. The Bertz CT molecular complexity index is 1470. The average Bonchev–Trinajstić information content (AvgIpc) is 3.65. The van der Waals surface area contributed by atoms with Gasteiger partial charge < -0.3 is 14.2 Å². The number of halogens is 4. The van der Waals surface area contributed by atoms with Crippen LogP contribution in [0.3, 0.4) is 0 Å². The second-order valence-electron chi connectivity index (χ2n) is 10.5. The predicted molar refractivity (Wildman–Crippen MR) is 147 cm³/mol. The molecule has 3 atom stereocenters. The molecule has 0 saturated carbocycles. The Balaban J connectivity index is 1.44. The molecule has 0 N–H and O–H groups in total. The molecule has 0 aromatic heterocycles. The van der Waals surface area contributed by atoms with E-state index in [-0.39, 0.29) is 35.6 Å². The topological polar surface area (TPSA) is 61.8 Å². The number of ketones is 2. The first-order valence-corrected chi connectivity index (χ1v) is 13.8. The highest BCUT2D eigenvalue weighted by Gasteiger charge is 2.37. The molecule has 42 heavy (non-hydrogen) atoms. The summed E-state index contributed by atoms with van der Waals surface area (Å²) >= 11 is 0. The quantitative estimate of drug-likeness (QED) is 0.176. The van der Waals surface area contributed by atoms with Crippen molar-refractivity contribution in [3.63, 3.8) is 0 Å². The van der Waals surface area contributed by atoms with Crippen molar-refractivity contribution in [2.45, 2.75) is 50.0 Å². The minimum atomic E-state index is -1.31. The first-order chi connectivity index (χ1) is 20.2. The van der Waals surface area contributed by atoms with E-state index in [1.807, 2.05) is 0 Å². The van der Waals surface area contributed by atoms with Crippen LogP contribution in [-0.4, -0.2) is 38.0 Å². The summed E-state index contributed by atoms with van der Waals surface area (Å²) in [6.07, 6.45) is 4.85. The van der Waals surface area contributed by atoms with Gasteiger partial charge in [0.1, 0.15) is 29.9 Å². The zero-order valence-corrected chi connectivity index (χ0v) is 23.0. The van der Waals surface area contributed by atoms with Gasteiger partial charge in [0, 0.05) is 48.1 Å². The Kier molecular flexibility index (Phi) is 9.06. The maximum Gasteiger partial charge on any atom is 0.195 e. The number of para-hydroxylation sites is 1. The van der Waals surface area contributed by atoms with E-state index in [0.29, 0.717) is 49.1 Å². The van der Waals surface area contributed by atoms with E-state index in [1.165, 1.54) is 19.2 Å². The molecule has 0 amide bonds. The summed E-state index contributed by atoms with van der Waals surface area (Å²) in [5.41, 5.74) is 0.425. The normalized spacial score (nSPS) is 19.9. The zero-order chi connectivity index (χ0) is 29.8. The van der Waals surface area contributed by atoms with Gasteiger partial charge in [0.2, 0.25) is 0 Å². The van der Waals surface area contributed by atoms with Crippen LogP contribution in [-0.2, 0) is 9.53 Å². The lowest BCUT2D eigenvalue weighted by Gasteiger charge is -2.21. The highest BCUT2D eigenvalue weighted by Crippen LogP contribution is 2.49. The molecule has 0 spiro atoms. The first-order valence-electron chi connectivity index (χ1n) is 13.8. The molecule has 9 heteroatoms. The fraction of sp³-hybridized carbons (Fsp3) is 0.333. The van der Waals surface area contributed by atoms with Gasteiger partial charge in [-0.3, -0.25) is 9.59 Å². The van der Waals surface area contributed by atoms with E-state index in [9.17, 15) is 27.2 Å². The Hall–Kier alpha value is -3.98. The third-order valence-electron chi connectivity index (χ3n) is 7.79. The number of Topliss-reactive ketones (excluding diaryl/α,β-unsaturated/α-hetero) is 2. The van der Waals surface area contributed by atoms with Crippen molar-refractivity contribution in [3.8, 4) is 11.5 Å². The molecule has 5 rings (SSSR count). The molecule has 1 aliphatic heterocycles. The largest absolute Gasteiger partial charge is 0.493 e. The van der Waals surface area contributed by atoms with E-state index in [1.54, 1.807) is 36.4 Å². The van der Waals surface area contributed by atoms with Gasteiger partial charge in [-0.05, 0) is 49.4 Å². The molecule has 0 radical (unpaired) electrons. The van der Waals surface area contributed by atoms with Crippen LogP contribution in [0.1, 0.15) is 65.4 Å². The van der Waals surface area contributed by atoms with E-state index in [4.69, 9.17) is 14.2 Å². The lowest BCUT2D eigenvalue weighted by atomic mass is 9.86. The highest BCUT2D eigenvalue weighted by molar-refractivity contribution is 6.10. The van der Waals surface area contributed by atoms with E-state index in [2.05, 4.69) is 0 Å². The molecule has 3 aromatic carbocycles. The van der Waals surface area contributed by atoms with Gasteiger partial charge in [-0.15, -0.1) is 0 Å². The maximum atomic E-state index is 14.7. The van der Waals surface area contributed by atoms with Crippen LogP contribution < -0.4 is 9.47 Å². The van der Waals surface area contributed by atoms with Crippen LogP contribution in [0.25, 0.3) is 0 Å². The summed E-state index contributed by atoms with van der Waals surface area (Å²) in [7, 11) is 1.42. The van der Waals surface area contributed by atoms with Crippen LogP contribution in [0.15, 0.2) is 66.2 Å². The van der Waals surface area contributed by atoms with Gasteiger partial charge in [-0.1, -0.05) is 30.3 Å². The van der Waals surface area contributed by atoms with Crippen molar-refractivity contribution < 1.29 is 41.4 Å². The lowest BCUT2D eigenvalue weighted by molar-refractivity contribution is -0.121. The van der Waals surface area contributed by atoms with Gasteiger partial charge in [-0.25, -0.2) is 17.6 Å². The van der Waals surface area contributed by atoms with Crippen LogP contribution in [0, 0.1) is 23.3 Å². The van der Waals surface area contributed by atoms with Gasteiger partial charge in [0.15, 0.2) is 23.1 Å². The Morgan fingerprint density at radius 2 is 1.71 bits per heavy atom. The van der Waals surface area contributed by atoms with Crippen molar-refractivity contribution in [1.82, 2.24) is 0 Å². The molecule has 3 unspecified atom stereocenters. The van der Waals surface area contributed by atoms with Crippen LogP contribution in [0.4, 0.5) is 17.6 Å². The number of allylic oxidation sites excluding steroid dienone is 2. The third kappa shape index (κ3) is 6.41. The van der Waals surface area contributed by atoms with Crippen molar-refractivity contribution in [2.24, 2.45) is 0 Å². The smallest absolute Gasteiger partial charge is 0.195 e. The van der Waals surface area contributed by atoms with E-state index in [0.717, 1.165) is 12.8 Å². The van der Waals surface area contributed by atoms with Gasteiger partial charge in [0.25, 0.3) is 0 Å². The first kappa shape index (κ1) is 29.5. The van der Waals surface area contributed by atoms with Crippen molar-refractivity contribution in [3.05, 3.63) is 106 Å². The predicted octanol–water partition coefficient (Wildman–Crippen LogP) is 7.24. The lowest BCUT2D eigenvalue weighted by Crippen LogP contribution is -2.16. The number of hydrogen-bond acceptors (Lipinski definition) is 5. The number of rotatable bonds is 11. The van der Waals surface area contributed by atoms with Gasteiger partial charge >= 0.3 is 0 Å². The number of hydrogen-bond donors (Lipinski definition) is 0. The minimum absolute atomic E-state index is 0.0804. The maximum absolute atomic E-state index is 14.7. The van der Waals surface area contributed by atoms with Crippen molar-refractivity contribution in [2.75, 3.05) is 20.3 Å². The Labute approximate surface area is 241 Å². The Morgan fingerprint density at radius 3 is 2.38 bits per heavy atom. The fourth-order valence-corrected chi connectivity index (χ4v) is 5.72. The van der Waals surface area contributed by atoms with Gasteiger partial charge in [0.05, 0.1) is 18.8 Å². The van der Waals surface area contributed by atoms with Gasteiger partial charge in [-0.2, -0.15) is 0 Å². The van der Waals surface area contributed by atoms with Crippen molar-refractivity contribution in [1.29, 1.82) is 0 Å². The summed E-state index contributed by atoms with van der Waals surface area (Å²) in [6.45, 7) is 0.519. The summed E-state index contributed by atoms with van der Waals surface area (Å²) < 4.78 is 73.7. The third-order valence-corrected chi connectivity index (χ3v) is 7.79. The molecule has 1 aliphatic carbocycles. The average molecular weight is 583 g/mol. The molecule has 1 fully saturated rings. The van der Waals surface area contributed by atoms with Crippen LogP contribution in [0.2, 0.25) is 0 Å². The molecular formula is C33H30F4O5. The molecule has 220 valence electrons. The molecule has 0 bridgehead atoms. The molecule has 2 aliphatic rings. The van der Waals surface area contributed by atoms with Crippen LogP contribution in [0.5, 0.6) is 11.5 Å².